The first kappa shape index (κ1) is 25.7. The van der Waals surface area contributed by atoms with Crippen LogP contribution in [0, 0.1) is 39.5 Å². The zero-order chi connectivity index (χ0) is 24.4. The van der Waals surface area contributed by atoms with E-state index in [0.29, 0.717) is 17.6 Å². The topological polar surface area (TPSA) is 38.8 Å². The molecule has 33 heavy (non-hydrogen) atoms. The molecule has 1 saturated carbocycles. The van der Waals surface area contributed by atoms with E-state index in [1.54, 1.807) is 14.2 Å². The monoisotopic (exact) mass is 469 g/mol. The lowest BCUT2D eigenvalue weighted by molar-refractivity contribution is -0.112. The third-order valence-electron chi connectivity index (χ3n) is 7.51. The van der Waals surface area contributed by atoms with E-state index in [0.717, 1.165) is 46.6 Å². The first-order valence-electron chi connectivity index (χ1n) is 11.9. The summed E-state index contributed by atoms with van der Waals surface area (Å²) < 4.78 is 11.3. The molecule has 180 valence electrons. The van der Waals surface area contributed by atoms with Crippen LogP contribution < -0.4 is 20.1 Å². The second kappa shape index (κ2) is 10.6. The van der Waals surface area contributed by atoms with Gasteiger partial charge in [0.1, 0.15) is 17.8 Å². The molecule has 1 aliphatic carbocycles. The van der Waals surface area contributed by atoms with Crippen molar-refractivity contribution in [1.82, 2.24) is 4.90 Å². The molecule has 2 aromatic rings. The van der Waals surface area contributed by atoms with Gasteiger partial charge in [-0.05, 0) is 138 Å². The second-order valence-electron chi connectivity index (χ2n) is 9.82. The molecule has 0 radical (unpaired) electrons. The Bertz CT molecular complexity index is 897. The first-order chi connectivity index (χ1) is 15.6. The predicted octanol–water partition coefficient (Wildman–Crippen LogP) is 4.91. The van der Waals surface area contributed by atoms with Crippen molar-refractivity contribution in [2.75, 3.05) is 28.3 Å². The lowest BCUT2D eigenvalue weighted by Gasteiger charge is -2.34. The van der Waals surface area contributed by atoms with Crippen LogP contribution in [0.5, 0.6) is 11.5 Å². The molecule has 0 saturated heterocycles. The SMILES string of the molecule is COc1c(C)cc(P(c2cc(C)c(OC)c(C)c2)C2CCC([C@@H](C)N(C)C)C2C=O)cc1C. The quantitative estimate of drug-likeness (QED) is 0.407. The van der Waals surface area contributed by atoms with Crippen molar-refractivity contribution in [3.05, 3.63) is 46.5 Å². The normalized spacial score (nSPS) is 21.5. The fraction of sp³-hybridized carbons (Fsp3) is 0.536. The van der Waals surface area contributed by atoms with Gasteiger partial charge in [-0.2, -0.15) is 0 Å². The average Bonchev–Trinajstić information content (AvgIpc) is 3.16. The van der Waals surface area contributed by atoms with Gasteiger partial charge in [-0.3, -0.25) is 0 Å². The summed E-state index contributed by atoms with van der Waals surface area (Å²) in [7, 11) is 6.99. The molecule has 3 rings (SSSR count). The Morgan fingerprint density at radius 1 is 0.879 bits per heavy atom. The number of nitrogens with zero attached hydrogens (tertiary/aromatic N) is 1. The minimum Gasteiger partial charge on any atom is -0.496 e. The van der Waals surface area contributed by atoms with Crippen molar-refractivity contribution < 1.29 is 14.3 Å². The smallest absolute Gasteiger partial charge is 0.124 e. The summed E-state index contributed by atoms with van der Waals surface area (Å²) in [6.45, 7) is 10.7. The Labute approximate surface area is 201 Å². The van der Waals surface area contributed by atoms with Crippen molar-refractivity contribution in [3.8, 4) is 11.5 Å². The maximum absolute atomic E-state index is 12.5. The summed E-state index contributed by atoms with van der Waals surface area (Å²) in [5, 5.41) is 2.67. The Kier molecular flexibility index (Phi) is 8.24. The highest BCUT2D eigenvalue weighted by Crippen LogP contribution is 2.53. The van der Waals surface area contributed by atoms with Gasteiger partial charge in [0, 0.05) is 12.0 Å². The molecule has 0 aliphatic heterocycles. The zero-order valence-corrected chi connectivity index (χ0v) is 22.6. The van der Waals surface area contributed by atoms with Gasteiger partial charge >= 0.3 is 0 Å². The third kappa shape index (κ3) is 4.98. The summed E-state index contributed by atoms with van der Waals surface area (Å²) in [4.78, 5) is 14.8. The van der Waals surface area contributed by atoms with E-state index < -0.39 is 7.92 Å². The molecule has 1 aliphatic rings. The number of hydrogen-bond donors (Lipinski definition) is 0. The molecule has 0 amide bonds. The van der Waals surface area contributed by atoms with Gasteiger partial charge in [0.2, 0.25) is 0 Å². The molecule has 4 nitrogen and oxygen atoms in total. The van der Waals surface area contributed by atoms with Gasteiger partial charge in [-0.15, -0.1) is 0 Å². The molecule has 0 N–H and O–H groups in total. The van der Waals surface area contributed by atoms with E-state index in [2.05, 4.69) is 77.9 Å². The molecular formula is C28H40NO3P. The fourth-order valence-corrected chi connectivity index (χ4v) is 9.22. The number of methoxy groups -OCH3 is 2. The Balaban J connectivity index is 2.18. The highest BCUT2D eigenvalue weighted by atomic mass is 31.1. The van der Waals surface area contributed by atoms with Crippen molar-refractivity contribution in [2.45, 2.75) is 59.2 Å². The van der Waals surface area contributed by atoms with E-state index in [1.807, 2.05) is 0 Å². The standard InChI is InChI=1S/C28H40NO3P/c1-17-12-22(13-18(2)27(17)31-8)33(23-14-19(3)28(32-9)20(4)15-23)26-11-10-24(25(26)16-30)21(5)29(6)7/h12-16,21,24-26H,10-11H2,1-9H3/t21-,24?,25?,26?/m1/s1. The zero-order valence-electron chi connectivity index (χ0n) is 21.7. The number of carbonyl (C=O) groups is 1. The number of carbonyl (C=O) groups excluding carboxylic acids is 1. The summed E-state index contributed by atoms with van der Waals surface area (Å²) in [6, 6.07) is 9.53. The van der Waals surface area contributed by atoms with Gasteiger partial charge in [-0.1, -0.05) is 0 Å². The minimum atomic E-state index is -0.728. The van der Waals surface area contributed by atoms with Crippen LogP contribution in [0.25, 0.3) is 0 Å². The van der Waals surface area contributed by atoms with Crippen molar-refractivity contribution in [1.29, 1.82) is 0 Å². The summed E-state index contributed by atoms with van der Waals surface area (Å²) in [5.41, 5.74) is 4.94. The van der Waals surface area contributed by atoms with Gasteiger partial charge in [0.25, 0.3) is 0 Å². The first-order valence-corrected chi connectivity index (χ1v) is 13.3. The maximum atomic E-state index is 12.5. The molecule has 0 heterocycles. The predicted molar refractivity (Wildman–Crippen MR) is 140 cm³/mol. The van der Waals surface area contributed by atoms with Crippen LogP contribution in [0.1, 0.15) is 42.0 Å². The third-order valence-corrected chi connectivity index (χ3v) is 10.4. The molecule has 0 aromatic heterocycles. The van der Waals surface area contributed by atoms with Gasteiger partial charge in [-0.25, -0.2) is 0 Å². The average molecular weight is 470 g/mol. The van der Waals surface area contributed by atoms with Crippen molar-refractivity contribution >= 4 is 24.8 Å². The van der Waals surface area contributed by atoms with E-state index in [1.165, 1.54) is 16.9 Å². The van der Waals surface area contributed by atoms with E-state index in [4.69, 9.17) is 9.47 Å². The van der Waals surface area contributed by atoms with E-state index in [-0.39, 0.29) is 5.92 Å². The molecule has 4 atom stereocenters. The number of ether oxygens (including phenoxy) is 2. The van der Waals surface area contributed by atoms with Crippen molar-refractivity contribution in [2.24, 2.45) is 11.8 Å². The number of hydrogen-bond acceptors (Lipinski definition) is 4. The second-order valence-corrected chi connectivity index (χ2v) is 12.3. The molecule has 0 spiro atoms. The Hall–Kier alpha value is -1.90. The molecular weight excluding hydrogens is 429 g/mol. The lowest BCUT2D eigenvalue weighted by Crippen LogP contribution is -2.37. The van der Waals surface area contributed by atoms with Crippen LogP contribution in [0.15, 0.2) is 24.3 Å². The molecule has 1 fully saturated rings. The minimum absolute atomic E-state index is 0.0546. The highest BCUT2D eigenvalue weighted by molar-refractivity contribution is 7.73. The summed E-state index contributed by atoms with van der Waals surface area (Å²) >= 11 is 0. The summed E-state index contributed by atoms with van der Waals surface area (Å²) in [5.74, 6) is 2.34. The number of aryl methyl sites for hydroxylation is 4. The highest BCUT2D eigenvalue weighted by Gasteiger charge is 2.44. The van der Waals surface area contributed by atoms with E-state index in [9.17, 15) is 4.79 Å². The molecule has 3 unspecified atom stereocenters. The molecule has 5 heteroatoms. The molecule has 2 aromatic carbocycles. The van der Waals surface area contributed by atoms with Crippen LogP contribution in [0.2, 0.25) is 0 Å². The number of benzene rings is 2. The Morgan fingerprint density at radius 2 is 1.30 bits per heavy atom. The fourth-order valence-electron chi connectivity index (χ4n) is 5.78. The van der Waals surface area contributed by atoms with Crippen LogP contribution in [-0.4, -0.2) is 51.2 Å². The molecule has 0 bridgehead atoms. The van der Waals surface area contributed by atoms with Crippen LogP contribution in [-0.2, 0) is 4.79 Å². The van der Waals surface area contributed by atoms with Crippen LogP contribution in [0.3, 0.4) is 0 Å². The van der Waals surface area contributed by atoms with Gasteiger partial charge < -0.3 is 19.2 Å². The van der Waals surface area contributed by atoms with Gasteiger partial charge in [0.05, 0.1) is 14.2 Å². The number of rotatable bonds is 8. The van der Waals surface area contributed by atoms with Crippen LogP contribution >= 0.6 is 7.92 Å². The Morgan fingerprint density at radius 3 is 1.64 bits per heavy atom. The maximum Gasteiger partial charge on any atom is 0.124 e. The lowest BCUT2D eigenvalue weighted by atomic mass is 9.90. The van der Waals surface area contributed by atoms with Crippen molar-refractivity contribution in [3.63, 3.8) is 0 Å². The summed E-state index contributed by atoms with van der Waals surface area (Å²) in [6.07, 6.45) is 3.42. The number of aldehydes is 1. The van der Waals surface area contributed by atoms with Crippen LogP contribution in [0.4, 0.5) is 0 Å². The largest absolute Gasteiger partial charge is 0.496 e. The van der Waals surface area contributed by atoms with Gasteiger partial charge in [0.15, 0.2) is 0 Å². The van der Waals surface area contributed by atoms with E-state index >= 15 is 0 Å².